The van der Waals surface area contributed by atoms with Crippen LogP contribution in [0.3, 0.4) is 0 Å². The molecule has 0 saturated carbocycles. The quantitative estimate of drug-likeness (QED) is 0.607. The summed E-state index contributed by atoms with van der Waals surface area (Å²) in [5.41, 5.74) is -4.26. The number of thioether (sulfide) groups is 1. The van der Waals surface area contributed by atoms with E-state index in [1.165, 1.54) is 12.1 Å². The predicted octanol–water partition coefficient (Wildman–Crippen LogP) is 4.22. The molecule has 1 aromatic rings. The van der Waals surface area contributed by atoms with Gasteiger partial charge in [0, 0.05) is 11.8 Å². The molecule has 16 heavy (non-hydrogen) atoms. The highest BCUT2D eigenvalue weighted by atomic mass is 79.9. The molecule has 1 aromatic carbocycles. The molecule has 7 heteroatoms. The van der Waals surface area contributed by atoms with E-state index in [9.17, 15) is 17.6 Å². The Labute approximate surface area is 102 Å². The van der Waals surface area contributed by atoms with Gasteiger partial charge in [-0.2, -0.15) is 13.2 Å². The molecule has 1 rings (SSSR count). The molecular formula is C9H7BrF4OS. The average molecular weight is 319 g/mol. The van der Waals surface area contributed by atoms with Crippen LogP contribution in [0.15, 0.2) is 22.7 Å². The maximum atomic E-state index is 13.0. The van der Waals surface area contributed by atoms with Gasteiger partial charge in [-0.25, -0.2) is 4.39 Å². The van der Waals surface area contributed by atoms with Gasteiger partial charge in [-0.05, 0) is 39.8 Å². The van der Waals surface area contributed by atoms with Crippen molar-refractivity contribution in [3.8, 4) is 5.75 Å². The van der Waals surface area contributed by atoms with Crippen molar-refractivity contribution in [2.24, 2.45) is 0 Å². The van der Waals surface area contributed by atoms with Crippen molar-refractivity contribution < 1.29 is 22.3 Å². The fourth-order valence-electron chi connectivity index (χ4n) is 0.884. The van der Waals surface area contributed by atoms with Crippen molar-refractivity contribution in [1.29, 1.82) is 0 Å². The third-order valence-electron chi connectivity index (χ3n) is 1.51. The minimum Gasteiger partial charge on any atom is -0.493 e. The highest BCUT2D eigenvalue weighted by Gasteiger charge is 2.27. The fraction of sp³-hybridized carbons (Fsp3) is 0.333. The lowest BCUT2D eigenvalue weighted by atomic mass is 10.3. The highest BCUT2D eigenvalue weighted by molar-refractivity contribution is 9.10. The summed E-state index contributed by atoms with van der Waals surface area (Å²) in [5, 5.41) is 0. The van der Waals surface area contributed by atoms with E-state index in [2.05, 4.69) is 15.9 Å². The van der Waals surface area contributed by atoms with Crippen molar-refractivity contribution in [2.45, 2.75) is 5.51 Å². The number of hydrogen-bond donors (Lipinski definition) is 0. The summed E-state index contributed by atoms with van der Waals surface area (Å²) >= 11 is 2.79. The van der Waals surface area contributed by atoms with Crippen LogP contribution in [0.1, 0.15) is 0 Å². The second kappa shape index (κ2) is 5.77. The Kier molecular flexibility index (Phi) is 4.91. The molecule has 0 atom stereocenters. The molecule has 0 saturated heterocycles. The Morgan fingerprint density at radius 2 is 2.00 bits per heavy atom. The van der Waals surface area contributed by atoms with Crippen LogP contribution in [0, 0.1) is 5.82 Å². The van der Waals surface area contributed by atoms with Crippen LogP contribution in [0.5, 0.6) is 5.75 Å². The van der Waals surface area contributed by atoms with Gasteiger partial charge in [0.05, 0.1) is 11.1 Å². The zero-order chi connectivity index (χ0) is 12.2. The maximum absolute atomic E-state index is 13.0. The van der Waals surface area contributed by atoms with E-state index in [0.29, 0.717) is 0 Å². The number of ether oxygens (including phenoxy) is 1. The summed E-state index contributed by atoms with van der Waals surface area (Å²) in [6, 6.07) is 4.02. The van der Waals surface area contributed by atoms with Gasteiger partial charge in [-0.15, -0.1) is 0 Å². The molecule has 0 aliphatic rings. The SMILES string of the molecule is Fc1cc(OCCSC(F)(F)F)ccc1Br. The van der Waals surface area contributed by atoms with Gasteiger partial charge in [0.15, 0.2) is 0 Å². The minimum absolute atomic E-state index is 0.120. The summed E-state index contributed by atoms with van der Waals surface area (Å²) in [6.07, 6.45) is 0. The molecule has 0 spiro atoms. The first-order valence-corrected chi connectivity index (χ1v) is 5.95. The molecule has 0 N–H and O–H groups in total. The highest BCUT2D eigenvalue weighted by Crippen LogP contribution is 2.30. The second-order valence-corrected chi connectivity index (χ2v) is 4.73. The Morgan fingerprint density at radius 1 is 1.31 bits per heavy atom. The lowest BCUT2D eigenvalue weighted by Crippen LogP contribution is -2.07. The van der Waals surface area contributed by atoms with Gasteiger partial charge in [0.1, 0.15) is 11.6 Å². The molecule has 0 bridgehead atoms. The summed E-state index contributed by atoms with van der Waals surface area (Å²) in [5.74, 6) is -0.522. The first-order valence-electron chi connectivity index (χ1n) is 4.17. The van der Waals surface area contributed by atoms with E-state index in [0.717, 1.165) is 6.07 Å². The van der Waals surface area contributed by atoms with Gasteiger partial charge in [0.25, 0.3) is 0 Å². The summed E-state index contributed by atoms with van der Waals surface area (Å²) in [7, 11) is 0. The largest absolute Gasteiger partial charge is 0.493 e. The Bertz CT molecular complexity index is 356. The van der Waals surface area contributed by atoms with Gasteiger partial charge in [-0.3, -0.25) is 0 Å². The Morgan fingerprint density at radius 3 is 2.56 bits per heavy atom. The van der Waals surface area contributed by atoms with Crippen LogP contribution < -0.4 is 4.74 Å². The van der Waals surface area contributed by atoms with Crippen LogP contribution >= 0.6 is 27.7 Å². The van der Waals surface area contributed by atoms with E-state index in [1.54, 1.807) is 0 Å². The molecule has 90 valence electrons. The number of alkyl halides is 3. The normalized spacial score (nSPS) is 11.6. The molecule has 0 heterocycles. The monoisotopic (exact) mass is 318 g/mol. The number of hydrogen-bond acceptors (Lipinski definition) is 2. The van der Waals surface area contributed by atoms with E-state index in [-0.39, 0.29) is 34.3 Å². The van der Waals surface area contributed by atoms with Crippen molar-refractivity contribution in [1.82, 2.24) is 0 Å². The van der Waals surface area contributed by atoms with Crippen molar-refractivity contribution in [2.75, 3.05) is 12.4 Å². The Hall–Kier alpha value is -0.430. The molecule has 0 unspecified atom stereocenters. The zero-order valence-electron chi connectivity index (χ0n) is 7.85. The molecule has 0 amide bonds. The van der Waals surface area contributed by atoms with Crippen LogP contribution in [-0.2, 0) is 0 Å². The van der Waals surface area contributed by atoms with Crippen LogP contribution in [-0.4, -0.2) is 17.9 Å². The average Bonchev–Trinajstić information content (AvgIpc) is 2.17. The first-order chi connectivity index (χ1) is 7.38. The molecule has 0 aromatic heterocycles. The summed E-state index contributed by atoms with van der Waals surface area (Å²) in [4.78, 5) is 0. The van der Waals surface area contributed by atoms with E-state index < -0.39 is 11.3 Å². The third kappa shape index (κ3) is 5.07. The molecular weight excluding hydrogens is 312 g/mol. The second-order valence-electron chi connectivity index (χ2n) is 2.72. The topological polar surface area (TPSA) is 9.23 Å². The van der Waals surface area contributed by atoms with Gasteiger partial charge in [0.2, 0.25) is 0 Å². The number of halogens is 5. The van der Waals surface area contributed by atoms with Gasteiger partial charge >= 0.3 is 5.51 Å². The maximum Gasteiger partial charge on any atom is 0.441 e. The van der Waals surface area contributed by atoms with Gasteiger partial charge in [-0.1, -0.05) is 0 Å². The number of rotatable bonds is 4. The molecule has 1 nitrogen and oxygen atoms in total. The predicted molar refractivity (Wildman–Crippen MR) is 58.1 cm³/mol. The van der Waals surface area contributed by atoms with Crippen molar-refractivity contribution in [3.63, 3.8) is 0 Å². The zero-order valence-corrected chi connectivity index (χ0v) is 10.3. The first kappa shape index (κ1) is 13.6. The van der Waals surface area contributed by atoms with Crippen molar-refractivity contribution >= 4 is 27.7 Å². The van der Waals surface area contributed by atoms with Crippen LogP contribution in [0.25, 0.3) is 0 Å². The molecule has 0 aliphatic heterocycles. The van der Waals surface area contributed by atoms with Crippen LogP contribution in [0.4, 0.5) is 17.6 Å². The summed E-state index contributed by atoms with van der Waals surface area (Å²) in [6.45, 7) is -0.120. The summed E-state index contributed by atoms with van der Waals surface area (Å²) < 4.78 is 53.4. The fourth-order valence-corrected chi connectivity index (χ4v) is 1.53. The lowest BCUT2D eigenvalue weighted by Gasteiger charge is -2.08. The smallest absolute Gasteiger partial charge is 0.441 e. The van der Waals surface area contributed by atoms with Gasteiger partial charge < -0.3 is 4.74 Å². The van der Waals surface area contributed by atoms with Crippen LogP contribution in [0.2, 0.25) is 0 Å². The van der Waals surface area contributed by atoms with E-state index >= 15 is 0 Å². The number of benzene rings is 1. The molecule has 0 radical (unpaired) electrons. The molecule has 0 fully saturated rings. The standard InChI is InChI=1S/C9H7BrF4OS/c10-7-2-1-6(5-8(7)11)15-3-4-16-9(12,13)14/h1-2,5H,3-4H2. The molecule has 0 aliphatic carbocycles. The minimum atomic E-state index is -4.26. The third-order valence-corrected chi connectivity index (χ3v) is 2.85. The van der Waals surface area contributed by atoms with Crippen molar-refractivity contribution in [3.05, 3.63) is 28.5 Å². The lowest BCUT2D eigenvalue weighted by molar-refractivity contribution is -0.0329. The van der Waals surface area contributed by atoms with E-state index in [4.69, 9.17) is 4.74 Å². The Balaban J connectivity index is 2.35. The van der Waals surface area contributed by atoms with E-state index in [1.807, 2.05) is 0 Å².